The molecule has 3 aliphatic carbocycles. The van der Waals surface area contributed by atoms with E-state index in [-0.39, 0.29) is 29.6 Å². The maximum atomic E-state index is 12.6. The van der Waals surface area contributed by atoms with Crippen molar-refractivity contribution < 1.29 is 20.1 Å². The van der Waals surface area contributed by atoms with Gasteiger partial charge in [-0.3, -0.25) is 9.69 Å². The summed E-state index contributed by atoms with van der Waals surface area (Å²) < 4.78 is 0. The Labute approximate surface area is 171 Å². The number of aliphatic hydroxyl groups excluding tert-OH is 1. The molecular weight excluding hydrogens is 368 g/mol. The quantitative estimate of drug-likeness (QED) is 0.577. The number of aromatic hydroxyl groups is 1. The number of phenols is 1. The predicted octanol–water partition coefficient (Wildman–Crippen LogP) is 1.88. The average Bonchev–Trinajstić information content (AvgIpc) is 2.60. The van der Waals surface area contributed by atoms with E-state index in [1.165, 1.54) is 19.3 Å². The average molecular weight is 401 g/mol. The molecule has 0 radical (unpaired) electrons. The summed E-state index contributed by atoms with van der Waals surface area (Å²) in [5.74, 6) is 0.783. The summed E-state index contributed by atoms with van der Waals surface area (Å²) in [6, 6.07) is 3.96. The Morgan fingerprint density at radius 3 is 2.69 bits per heavy atom. The molecule has 4 aliphatic rings. The van der Waals surface area contributed by atoms with Gasteiger partial charge in [0.05, 0.1) is 5.60 Å². The molecule has 1 heterocycles. The minimum atomic E-state index is -1.29. The van der Waals surface area contributed by atoms with Gasteiger partial charge in [0.15, 0.2) is 0 Å². The van der Waals surface area contributed by atoms with Crippen LogP contribution < -0.4 is 5.73 Å². The Morgan fingerprint density at radius 1 is 1.28 bits per heavy atom. The number of Topliss-reactive ketones (excluding diaryl/α,β-unsaturated/α-hetero) is 1. The molecule has 29 heavy (non-hydrogen) atoms. The molecule has 6 nitrogen and oxygen atoms in total. The largest absolute Gasteiger partial charge is 0.507 e. The third-order valence-electron chi connectivity index (χ3n) is 8.72. The van der Waals surface area contributed by atoms with Crippen LogP contribution in [0, 0.1) is 5.92 Å². The Hall–Kier alpha value is -1.47. The summed E-state index contributed by atoms with van der Waals surface area (Å²) >= 11 is 0. The van der Waals surface area contributed by atoms with Crippen molar-refractivity contribution in [2.45, 2.75) is 87.6 Å². The third kappa shape index (κ3) is 2.52. The number of hydrogen-bond acceptors (Lipinski definition) is 6. The van der Waals surface area contributed by atoms with Gasteiger partial charge in [-0.25, -0.2) is 0 Å². The minimum Gasteiger partial charge on any atom is -0.507 e. The lowest BCUT2D eigenvalue weighted by molar-refractivity contribution is -0.182. The number of benzene rings is 1. The molecule has 1 aliphatic heterocycles. The number of nitrogens with two attached hydrogens (primary N) is 1. The molecule has 1 saturated heterocycles. The van der Waals surface area contributed by atoms with Gasteiger partial charge in [0.2, 0.25) is 0 Å². The van der Waals surface area contributed by atoms with Gasteiger partial charge in [-0.1, -0.05) is 18.6 Å². The molecule has 0 aromatic heterocycles. The first-order valence-corrected chi connectivity index (χ1v) is 11.1. The number of aliphatic hydroxyl groups is 2. The van der Waals surface area contributed by atoms with Crippen molar-refractivity contribution >= 4 is 5.78 Å². The van der Waals surface area contributed by atoms with E-state index in [9.17, 15) is 20.1 Å². The molecule has 2 saturated carbocycles. The van der Waals surface area contributed by atoms with E-state index in [0.717, 1.165) is 12.1 Å². The van der Waals surface area contributed by atoms with Crippen LogP contribution >= 0.6 is 0 Å². The molecule has 3 fully saturated rings. The van der Waals surface area contributed by atoms with E-state index < -0.39 is 17.2 Å². The first-order chi connectivity index (χ1) is 13.8. The fourth-order valence-corrected chi connectivity index (χ4v) is 6.88. The van der Waals surface area contributed by atoms with Crippen molar-refractivity contribution in [3.05, 3.63) is 28.8 Å². The second-order valence-electron chi connectivity index (χ2n) is 9.84. The number of piperidine rings is 1. The predicted molar refractivity (Wildman–Crippen MR) is 108 cm³/mol. The molecule has 1 aromatic rings. The number of nitrogens with zero attached hydrogens (tertiary/aromatic N) is 1. The molecule has 5 rings (SSSR count). The van der Waals surface area contributed by atoms with Crippen LogP contribution in [0.3, 0.4) is 0 Å². The summed E-state index contributed by atoms with van der Waals surface area (Å²) in [4.78, 5) is 15.1. The number of hydrogen-bond donors (Lipinski definition) is 4. The fraction of sp³-hybridized carbons (Fsp3) is 0.696. The molecule has 0 amide bonds. The number of phenolic OH excluding ortho intramolecular Hbond substituents is 1. The highest BCUT2D eigenvalue weighted by Gasteiger charge is 2.66. The zero-order chi connectivity index (χ0) is 20.6. The maximum absolute atomic E-state index is 12.6. The second-order valence-corrected chi connectivity index (χ2v) is 9.84. The highest BCUT2D eigenvalue weighted by molar-refractivity contribution is 5.83. The smallest absolute Gasteiger partial charge is 0.134 e. The standard InChI is InChI=1S/C23H32N2O4/c1-13(14-3-2-4-14)25-10-9-22-12-16(26)7-8-23(22,29)18(25)11-15-5-6-17(21(24)28)20(27)19(15)22/h5-6,13-14,18,21,27-29H,2-4,7-12,24H2,1H3/t13-,18?,21?,22?,23-/m1/s1. The molecule has 3 unspecified atom stereocenters. The summed E-state index contributed by atoms with van der Waals surface area (Å²) in [7, 11) is 0. The first-order valence-electron chi connectivity index (χ1n) is 11.1. The number of fused-ring (bicyclic) bond motifs is 1. The van der Waals surface area contributed by atoms with Crippen molar-refractivity contribution in [1.29, 1.82) is 0 Å². The summed E-state index contributed by atoms with van der Waals surface area (Å²) in [6.45, 7) is 3.10. The molecular formula is C23H32N2O4. The Balaban J connectivity index is 1.66. The van der Waals surface area contributed by atoms with Crippen molar-refractivity contribution in [1.82, 2.24) is 4.90 Å². The van der Waals surface area contributed by atoms with E-state index >= 15 is 0 Å². The fourth-order valence-electron chi connectivity index (χ4n) is 6.88. The molecule has 1 aromatic carbocycles. The molecule has 158 valence electrons. The van der Waals surface area contributed by atoms with Crippen molar-refractivity contribution in [2.75, 3.05) is 6.54 Å². The molecule has 5 N–H and O–H groups in total. The van der Waals surface area contributed by atoms with Gasteiger partial charge in [-0.2, -0.15) is 0 Å². The van der Waals surface area contributed by atoms with Gasteiger partial charge >= 0.3 is 0 Å². The van der Waals surface area contributed by atoms with Crippen LogP contribution in [0.2, 0.25) is 0 Å². The van der Waals surface area contributed by atoms with Crippen molar-refractivity contribution in [2.24, 2.45) is 11.7 Å². The maximum Gasteiger partial charge on any atom is 0.134 e. The normalized spacial score (nSPS) is 36.7. The van der Waals surface area contributed by atoms with Crippen LogP contribution in [0.1, 0.15) is 74.8 Å². The summed E-state index contributed by atoms with van der Waals surface area (Å²) in [5.41, 5.74) is 5.72. The van der Waals surface area contributed by atoms with Crippen LogP contribution in [0.5, 0.6) is 5.75 Å². The van der Waals surface area contributed by atoms with Crippen LogP contribution in [0.15, 0.2) is 12.1 Å². The number of ketones is 1. The molecule has 0 spiro atoms. The lowest BCUT2D eigenvalue weighted by Gasteiger charge is -2.65. The zero-order valence-corrected chi connectivity index (χ0v) is 17.1. The van der Waals surface area contributed by atoms with Gasteiger partial charge in [0.1, 0.15) is 17.8 Å². The van der Waals surface area contributed by atoms with Crippen LogP contribution in [-0.2, 0) is 16.6 Å². The van der Waals surface area contributed by atoms with Crippen LogP contribution in [0.4, 0.5) is 0 Å². The number of likely N-dealkylation sites (tertiary alicyclic amines) is 1. The Morgan fingerprint density at radius 2 is 2.03 bits per heavy atom. The highest BCUT2D eigenvalue weighted by Crippen LogP contribution is 2.60. The zero-order valence-electron chi connectivity index (χ0n) is 17.1. The van der Waals surface area contributed by atoms with Gasteiger partial charge in [0, 0.05) is 41.5 Å². The van der Waals surface area contributed by atoms with Gasteiger partial charge in [-0.15, -0.1) is 0 Å². The van der Waals surface area contributed by atoms with Gasteiger partial charge in [-0.05, 0) is 57.1 Å². The topological polar surface area (TPSA) is 107 Å². The number of carbonyl (C=O) groups is 1. The van der Waals surface area contributed by atoms with Crippen molar-refractivity contribution in [3.63, 3.8) is 0 Å². The van der Waals surface area contributed by atoms with Crippen LogP contribution in [0.25, 0.3) is 0 Å². The minimum absolute atomic E-state index is 0.0374. The van der Waals surface area contributed by atoms with Crippen LogP contribution in [-0.4, -0.2) is 50.2 Å². The third-order valence-corrected chi connectivity index (χ3v) is 8.72. The molecule has 5 atom stereocenters. The summed E-state index contributed by atoms with van der Waals surface area (Å²) in [6.07, 6.45) is 4.84. The van der Waals surface area contributed by atoms with E-state index in [1.807, 2.05) is 6.07 Å². The van der Waals surface area contributed by atoms with Gasteiger partial charge < -0.3 is 21.1 Å². The van der Waals surface area contributed by atoms with Crippen molar-refractivity contribution in [3.8, 4) is 5.75 Å². The second kappa shape index (κ2) is 6.51. The lowest BCUT2D eigenvalue weighted by atomic mass is 9.49. The van der Waals surface area contributed by atoms with E-state index in [0.29, 0.717) is 43.2 Å². The van der Waals surface area contributed by atoms with E-state index in [1.54, 1.807) is 6.07 Å². The monoisotopic (exact) mass is 400 g/mol. The SMILES string of the molecule is C[C@H](C1CCC1)N1CCC23CC(=O)CC[C@@]2(O)C1Cc1ccc(C(N)O)c(O)c13. The molecule has 6 heteroatoms. The number of rotatable bonds is 3. The van der Waals surface area contributed by atoms with E-state index in [2.05, 4.69) is 11.8 Å². The van der Waals surface area contributed by atoms with E-state index in [4.69, 9.17) is 5.73 Å². The Bertz CT molecular complexity index is 852. The van der Waals surface area contributed by atoms with Gasteiger partial charge in [0.25, 0.3) is 0 Å². The lowest BCUT2D eigenvalue weighted by Crippen LogP contribution is -2.74. The molecule has 2 bridgehead atoms. The summed E-state index contributed by atoms with van der Waals surface area (Å²) in [5, 5.41) is 33.2. The number of carbonyl (C=O) groups excluding carboxylic acids is 1. The highest BCUT2D eigenvalue weighted by atomic mass is 16.3. The Kier molecular flexibility index (Phi) is 4.38. The first kappa shape index (κ1) is 19.5.